The zero-order chi connectivity index (χ0) is 14.2. The van der Waals surface area contributed by atoms with Crippen LogP contribution in [0.3, 0.4) is 0 Å². The summed E-state index contributed by atoms with van der Waals surface area (Å²) in [5.41, 5.74) is 0. The fourth-order valence-electron chi connectivity index (χ4n) is 1.60. The zero-order valence-electron chi connectivity index (χ0n) is 9.77. The number of nitrogens with zero attached hydrogens (tertiary/aromatic N) is 2. The number of imidazole rings is 1. The van der Waals surface area contributed by atoms with Gasteiger partial charge in [0.15, 0.2) is 0 Å². The number of aryl methyl sites for hydroxylation is 1. The average molecular weight is 384 g/mol. The van der Waals surface area contributed by atoms with Crippen LogP contribution >= 0.6 is 39.1 Å². The summed E-state index contributed by atoms with van der Waals surface area (Å²) in [5, 5.41) is 0.468. The maximum absolute atomic E-state index is 12.6. The van der Waals surface area contributed by atoms with Gasteiger partial charge in [-0.3, -0.25) is 0 Å². The van der Waals surface area contributed by atoms with E-state index in [4.69, 9.17) is 23.2 Å². The van der Waals surface area contributed by atoms with Gasteiger partial charge in [0.25, 0.3) is 10.0 Å². The molecule has 8 heteroatoms. The molecule has 0 radical (unpaired) electrons. The van der Waals surface area contributed by atoms with E-state index in [0.717, 1.165) is 3.97 Å². The Bertz CT molecular complexity index is 728. The minimum absolute atomic E-state index is 0.0506. The summed E-state index contributed by atoms with van der Waals surface area (Å²) in [6.07, 6.45) is 3.36. The Hall–Kier alpha value is -0.560. The molecule has 0 fully saturated rings. The predicted molar refractivity (Wildman–Crippen MR) is 78.4 cm³/mol. The van der Waals surface area contributed by atoms with E-state index in [1.54, 1.807) is 0 Å². The molecule has 2 aromatic rings. The molecule has 0 amide bonds. The van der Waals surface area contributed by atoms with Crippen molar-refractivity contribution in [3.63, 3.8) is 0 Å². The first-order valence-corrected chi connectivity index (χ1v) is 8.29. The molecule has 2 rings (SSSR count). The second-order valence-corrected chi connectivity index (χ2v) is 7.15. The second kappa shape index (κ2) is 5.44. The summed E-state index contributed by atoms with van der Waals surface area (Å²) in [6.45, 7) is 1.83. The molecule has 1 heterocycles. The Morgan fingerprint density at radius 2 is 1.95 bits per heavy atom. The molecule has 1 aromatic carbocycles. The summed E-state index contributed by atoms with van der Waals surface area (Å²) >= 11 is 14.9. The molecule has 19 heavy (non-hydrogen) atoms. The molecule has 0 saturated carbocycles. The predicted octanol–water partition coefficient (Wildman–Crippen LogP) is 3.75. The fraction of sp³-hybridized carbons (Fsp3) is 0.182. The van der Waals surface area contributed by atoms with Gasteiger partial charge in [-0.25, -0.2) is 17.4 Å². The molecular formula is C11H9BrCl2N2O2S. The van der Waals surface area contributed by atoms with Gasteiger partial charge in [0.05, 0.1) is 10.0 Å². The average Bonchev–Trinajstić information content (AvgIpc) is 2.82. The maximum atomic E-state index is 12.6. The molecule has 0 N–H and O–H groups in total. The summed E-state index contributed by atoms with van der Waals surface area (Å²) in [6, 6.07) is 2.78. The van der Waals surface area contributed by atoms with Gasteiger partial charge >= 0.3 is 0 Å². The van der Waals surface area contributed by atoms with Crippen molar-refractivity contribution in [1.29, 1.82) is 0 Å². The van der Waals surface area contributed by atoms with Crippen LogP contribution in [0.5, 0.6) is 0 Å². The highest BCUT2D eigenvalue weighted by atomic mass is 79.9. The van der Waals surface area contributed by atoms with Crippen LogP contribution in [-0.2, 0) is 16.4 Å². The monoisotopic (exact) mass is 382 g/mol. The SMILES string of the molecule is CCc1nccn1S(=O)(=O)c1cc(Cl)c(Cl)cc1Br. The third kappa shape index (κ3) is 2.67. The largest absolute Gasteiger partial charge is 0.270 e. The van der Waals surface area contributed by atoms with E-state index < -0.39 is 10.0 Å². The lowest BCUT2D eigenvalue weighted by Crippen LogP contribution is -2.15. The lowest BCUT2D eigenvalue weighted by atomic mass is 10.4. The molecule has 0 spiro atoms. The molecule has 0 unspecified atom stereocenters. The molecular weight excluding hydrogens is 375 g/mol. The Balaban J connectivity index is 2.67. The van der Waals surface area contributed by atoms with Crippen molar-refractivity contribution in [2.24, 2.45) is 0 Å². The molecule has 102 valence electrons. The summed E-state index contributed by atoms with van der Waals surface area (Å²) in [4.78, 5) is 4.06. The van der Waals surface area contributed by atoms with Crippen molar-refractivity contribution in [1.82, 2.24) is 8.96 Å². The number of benzene rings is 1. The zero-order valence-corrected chi connectivity index (χ0v) is 13.7. The molecule has 0 aliphatic carbocycles. The van der Waals surface area contributed by atoms with Crippen LogP contribution in [0.2, 0.25) is 10.0 Å². The highest BCUT2D eigenvalue weighted by molar-refractivity contribution is 9.10. The molecule has 1 aromatic heterocycles. The first-order valence-electron chi connectivity index (χ1n) is 5.30. The smallest absolute Gasteiger partial charge is 0.241 e. The summed E-state index contributed by atoms with van der Waals surface area (Å²) in [7, 11) is -3.74. The molecule has 0 bridgehead atoms. The Kier molecular flexibility index (Phi) is 4.25. The van der Waals surface area contributed by atoms with Gasteiger partial charge in [-0.2, -0.15) is 0 Å². The van der Waals surface area contributed by atoms with Gasteiger partial charge < -0.3 is 0 Å². The van der Waals surface area contributed by atoms with Crippen molar-refractivity contribution in [3.8, 4) is 0 Å². The maximum Gasteiger partial charge on any atom is 0.270 e. The molecule has 0 saturated heterocycles. The fourth-order valence-corrected chi connectivity index (χ4v) is 4.53. The van der Waals surface area contributed by atoms with Crippen LogP contribution in [0.1, 0.15) is 12.7 Å². The van der Waals surface area contributed by atoms with E-state index in [0.29, 0.717) is 16.7 Å². The number of rotatable bonds is 3. The minimum atomic E-state index is -3.74. The topological polar surface area (TPSA) is 52.0 Å². The van der Waals surface area contributed by atoms with Crippen LogP contribution < -0.4 is 0 Å². The summed E-state index contributed by atoms with van der Waals surface area (Å²) in [5.74, 6) is 0.456. The number of aromatic nitrogens is 2. The molecule has 0 aliphatic rings. The van der Waals surface area contributed by atoms with Gasteiger partial charge in [-0.15, -0.1) is 0 Å². The number of halogens is 3. The van der Waals surface area contributed by atoms with E-state index in [-0.39, 0.29) is 14.9 Å². The van der Waals surface area contributed by atoms with E-state index in [9.17, 15) is 8.42 Å². The molecule has 0 atom stereocenters. The number of hydrogen-bond acceptors (Lipinski definition) is 3. The summed E-state index contributed by atoms with van der Waals surface area (Å²) < 4.78 is 26.6. The van der Waals surface area contributed by atoms with Gasteiger partial charge in [-0.1, -0.05) is 30.1 Å². The highest BCUT2D eigenvalue weighted by Gasteiger charge is 2.23. The third-order valence-corrected chi connectivity index (χ3v) is 5.89. The van der Waals surface area contributed by atoms with Crippen LogP contribution in [0.25, 0.3) is 0 Å². The van der Waals surface area contributed by atoms with Crippen LogP contribution in [0.15, 0.2) is 33.9 Å². The standard InChI is InChI=1S/C11H9BrCl2N2O2S/c1-2-11-15-3-4-16(11)19(17,18)10-6-9(14)8(13)5-7(10)12/h3-6H,2H2,1H3. The Morgan fingerprint density at radius 1 is 1.32 bits per heavy atom. The van der Waals surface area contributed by atoms with Crippen molar-refractivity contribution in [2.45, 2.75) is 18.2 Å². The van der Waals surface area contributed by atoms with Gasteiger partial charge in [0.1, 0.15) is 10.7 Å². The van der Waals surface area contributed by atoms with Crippen LogP contribution in [0, 0.1) is 0 Å². The van der Waals surface area contributed by atoms with E-state index >= 15 is 0 Å². The molecule has 0 aliphatic heterocycles. The minimum Gasteiger partial charge on any atom is -0.241 e. The quantitative estimate of drug-likeness (QED) is 0.758. The first kappa shape index (κ1) is 14.8. The molecule has 4 nitrogen and oxygen atoms in total. The van der Waals surface area contributed by atoms with E-state index in [1.165, 1.54) is 24.5 Å². The third-order valence-electron chi connectivity index (χ3n) is 2.51. The van der Waals surface area contributed by atoms with Gasteiger partial charge in [0, 0.05) is 23.3 Å². The van der Waals surface area contributed by atoms with E-state index in [1.807, 2.05) is 6.92 Å². The van der Waals surface area contributed by atoms with Crippen molar-refractivity contribution < 1.29 is 8.42 Å². The Labute approximate surface area is 129 Å². The Morgan fingerprint density at radius 3 is 2.58 bits per heavy atom. The first-order chi connectivity index (χ1) is 8.87. The number of hydrogen-bond donors (Lipinski definition) is 0. The normalized spacial score (nSPS) is 11.8. The van der Waals surface area contributed by atoms with Crippen molar-refractivity contribution in [3.05, 3.63) is 44.9 Å². The van der Waals surface area contributed by atoms with Crippen molar-refractivity contribution >= 4 is 49.2 Å². The van der Waals surface area contributed by atoms with Crippen LogP contribution in [0.4, 0.5) is 0 Å². The van der Waals surface area contributed by atoms with E-state index in [2.05, 4.69) is 20.9 Å². The highest BCUT2D eigenvalue weighted by Crippen LogP contribution is 2.33. The lowest BCUT2D eigenvalue weighted by Gasteiger charge is -2.11. The van der Waals surface area contributed by atoms with Gasteiger partial charge in [0.2, 0.25) is 0 Å². The van der Waals surface area contributed by atoms with Gasteiger partial charge in [-0.05, 0) is 28.1 Å². The lowest BCUT2D eigenvalue weighted by molar-refractivity contribution is 0.584. The van der Waals surface area contributed by atoms with Crippen molar-refractivity contribution in [2.75, 3.05) is 0 Å². The van der Waals surface area contributed by atoms with Crippen LogP contribution in [-0.4, -0.2) is 17.4 Å². The second-order valence-electron chi connectivity index (χ2n) is 3.69.